The summed E-state index contributed by atoms with van der Waals surface area (Å²) < 4.78 is 13.3. The van der Waals surface area contributed by atoms with E-state index < -0.39 is 11.9 Å². The Bertz CT molecular complexity index is 829. The van der Waals surface area contributed by atoms with Crippen LogP contribution in [0.3, 0.4) is 0 Å². The smallest absolute Gasteiger partial charge is 0.253 e. The molecule has 170 valence electrons. The summed E-state index contributed by atoms with van der Waals surface area (Å²) in [6.07, 6.45) is 7.81. The molecule has 1 amide bonds. The molecule has 0 aromatic carbocycles. The number of piperidine rings is 1. The monoisotopic (exact) mass is 433 g/mol. The van der Waals surface area contributed by atoms with Crippen molar-refractivity contribution in [1.29, 1.82) is 0 Å². The van der Waals surface area contributed by atoms with Crippen LogP contribution in [0.15, 0.2) is 35.1 Å². The lowest BCUT2D eigenvalue weighted by Crippen LogP contribution is -2.55. The predicted molar refractivity (Wildman–Crippen MR) is 117 cm³/mol. The number of nitrogens with zero attached hydrogens (tertiary/aromatic N) is 3. The van der Waals surface area contributed by atoms with Gasteiger partial charge in [0.1, 0.15) is 5.84 Å². The summed E-state index contributed by atoms with van der Waals surface area (Å²) in [5.74, 6) is -1.55. The van der Waals surface area contributed by atoms with Gasteiger partial charge in [-0.2, -0.15) is 4.39 Å². The summed E-state index contributed by atoms with van der Waals surface area (Å²) in [6.45, 7) is 2.24. The lowest BCUT2D eigenvalue weighted by atomic mass is 9.78. The lowest BCUT2D eigenvalue weighted by Gasteiger charge is -2.45. The van der Waals surface area contributed by atoms with E-state index in [4.69, 9.17) is 17.2 Å². The first-order valence-electron chi connectivity index (χ1n) is 10.7. The molecule has 2 fully saturated rings. The van der Waals surface area contributed by atoms with Crippen molar-refractivity contribution in [3.63, 3.8) is 0 Å². The number of carbonyl (C=O) groups is 1. The molecule has 1 aromatic rings. The van der Waals surface area contributed by atoms with Crippen LogP contribution >= 0.6 is 0 Å². The number of nitrogens with one attached hydrogen (secondary N) is 1. The van der Waals surface area contributed by atoms with Crippen molar-refractivity contribution in [2.75, 3.05) is 19.6 Å². The van der Waals surface area contributed by atoms with Gasteiger partial charge in [-0.1, -0.05) is 0 Å². The van der Waals surface area contributed by atoms with Crippen molar-refractivity contribution in [1.82, 2.24) is 15.2 Å². The molecule has 8 N–H and O–H groups in total. The molecule has 9 nitrogen and oxygen atoms in total. The summed E-state index contributed by atoms with van der Waals surface area (Å²) in [5.41, 5.74) is 17.4. The van der Waals surface area contributed by atoms with Crippen LogP contribution in [0.25, 0.3) is 0 Å². The van der Waals surface area contributed by atoms with Crippen LogP contribution in [-0.4, -0.2) is 64.1 Å². The van der Waals surface area contributed by atoms with Gasteiger partial charge in [0.05, 0.1) is 17.4 Å². The van der Waals surface area contributed by atoms with Crippen LogP contribution < -0.4 is 22.5 Å². The van der Waals surface area contributed by atoms with Crippen molar-refractivity contribution in [2.24, 2.45) is 22.2 Å². The van der Waals surface area contributed by atoms with Gasteiger partial charge in [0.15, 0.2) is 0 Å². The van der Waals surface area contributed by atoms with Gasteiger partial charge in [0, 0.05) is 49.7 Å². The molecule has 2 heterocycles. The van der Waals surface area contributed by atoms with Crippen LogP contribution in [0.5, 0.6) is 0 Å². The Morgan fingerprint density at radius 2 is 2.00 bits per heavy atom. The average molecular weight is 434 g/mol. The highest BCUT2D eigenvalue weighted by Crippen LogP contribution is 2.32. The summed E-state index contributed by atoms with van der Waals surface area (Å²) in [7, 11) is 0. The second-order valence-electron chi connectivity index (χ2n) is 8.38. The van der Waals surface area contributed by atoms with E-state index in [2.05, 4.69) is 20.2 Å². The third kappa shape index (κ3) is 5.99. The number of amides is 1. The molecule has 1 aromatic heterocycles. The Morgan fingerprint density at radius 3 is 2.58 bits per heavy atom. The van der Waals surface area contributed by atoms with Crippen molar-refractivity contribution >= 4 is 17.4 Å². The van der Waals surface area contributed by atoms with Crippen LogP contribution in [0.4, 0.5) is 10.1 Å². The normalized spacial score (nSPS) is 26.6. The highest BCUT2D eigenvalue weighted by molar-refractivity contribution is 6.20. The van der Waals surface area contributed by atoms with Crippen LogP contribution in [0.2, 0.25) is 0 Å². The van der Waals surface area contributed by atoms with Crippen molar-refractivity contribution in [2.45, 2.75) is 56.2 Å². The molecular weight excluding hydrogens is 401 g/mol. The number of likely N-dealkylation sites (tertiary alicyclic amines) is 1. The minimum Gasteiger partial charge on any atom is -0.393 e. The Balaban J connectivity index is 1.67. The van der Waals surface area contributed by atoms with Gasteiger partial charge >= 0.3 is 0 Å². The third-order valence-electron chi connectivity index (χ3n) is 6.34. The number of pyridine rings is 1. The molecule has 1 saturated heterocycles. The Hall–Kier alpha value is -2.56. The average Bonchev–Trinajstić information content (AvgIpc) is 2.75. The molecule has 31 heavy (non-hydrogen) atoms. The summed E-state index contributed by atoms with van der Waals surface area (Å²) in [5, 5.41) is 13.0. The second kappa shape index (κ2) is 10.2. The second-order valence-corrected chi connectivity index (χ2v) is 8.38. The van der Waals surface area contributed by atoms with Gasteiger partial charge in [-0.15, -0.1) is 0 Å². The standard InChI is InChI=1S/C21H32FN7O2/c22-18-11-14(3-8-26-18)28-19(24)17(20(25)31)12-27-21(13-23)6-1-15(2-7-21)29-9-4-16(30)5-10-29/h3,8,11-12,15-16,27,30H,1-2,4-7,9-10,13,23H2,(H2,25,31)(H2,24,26,28)/b17-12+. The molecule has 2 aliphatic rings. The van der Waals surface area contributed by atoms with E-state index in [9.17, 15) is 14.3 Å². The number of aliphatic imine (C=N–C) groups is 1. The van der Waals surface area contributed by atoms with Crippen LogP contribution in [0, 0.1) is 5.95 Å². The van der Waals surface area contributed by atoms with E-state index in [-0.39, 0.29) is 28.7 Å². The zero-order valence-electron chi connectivity index (χ0n) is 17.6. The largest absolute Gasteiger partial charge is 0.393 e. The van der Waals surface area contributed by atoms with Gasteiger partial charge in [0.2, 0.25) is 5.95 Å². The number of hydrogen-bond acceptors (Lipinski definition) is 7. The molecule has 3 rings (SSSR count). The molecular formula is C21H32FN7O2. The molecule has 0 radical (unpaired) electrons. The van der Waals surface area contributed by atoms with Gasteiger partial charge in [-0.05, 0) is 44.6 Å². The third-order valence-corrected chi connectivity index (χ3v) is 6.34. The molecule has 0 atom stereocenters. The molecule has 0 bridgehead atoms. The quantitative estimate of drug-likeness (QED) is 0.179. The van der Waals surface area contributed by atoms with E-state index in [1.807, 2.05) is 0 Å². The zero-order valence-corrected chi connectivity index (χ0v) is 17.6. The minimum absolute atomic E-state index is 0.0113. The van der Waals surface area contributed by atoms with Crippen molar-refractivity contribution < 1.29 is 14.3 Å². The van der Waals surface area contributed by atoms with E-state index in [0.29, 0.717) is 12.6 Å². The maximum absolute atomic E-state index is 13.3. The van der Waals surface area contributed by atoms with Crippen molar-refractivity contribution in [3.05, 3.63) is 36.1 Å². The molecule has 1 saturated carbocycles. The van der Waals surface area contributed by atoms with Crippen molar-refractivity contribution in [3.8, 4) is 0 Å². The first kappa shape index (κ1) is 23.1. The fraction of sp³-hybridized carbons (Fsp3) is 0.571. The first-order valence-corrected chi connectivity index (χ1v) is 10.7. The zero-order chi connectivity index (χ0) is 22.4. The number of halogens is 1. The first-order chi connectivity index (χ1) is 14.8. The molecule has 0 unspecified atom stereocenters. The van der Waals surface area contributed by atoms with E-state index in [1.54, 1.807) is 0 Å². The predicted octanol–water partition coefficient (Wildman–Crippen LogP) is 0.265. The van der Waals surface area contributed by atoms with E-state index >= 15 is 0 Å². The number of hydrogen-bond donors (Lipinski definition) is 5. The summed E-state index contributed by atoms with van der Waals surface area (Å²) >= 11 is 0. The minimum atomic E-state index is -0.740. The number of nitrogens with two attached hydrogens (primary N) is 3. The van der Waals surface area contributed by atoms with Crippen LogP contribution in [-0.2, 0) is 4.79 Å². The Kier molecular flexibility index (Phi) is 7.58. The van der Waals surface area contributed by atoms with Gasteiger partial charge < -0.3 is 32.5 Å². The molecule has 10 heteroatoms. The fourth-order valence-corrected chi connectivity index (χ4v) is 4.34. The van der Waals surface area contributed by atoms with E-state index in [0.717, 1.165) is 57.7 Å². The number of aromatic nitrogens is 1. The lowest BCUT2D eigenvalue weighted by molar-refractivity contribution is -0.114. The Morgan fingerprint density at radius 1 is 1.32 bits per heavy atom. The number of primary amides is 1. The number of rotatable bonds is 7. The number of aliphatic hydroxyl groups is 1. The topological polar surface area (TPSA) is 156 Å². The van der Waals surface area contributed by atoms with Crippen LogP contribution in [0.1, 0.15) is 38.5 Å². The number of carbonyl (C=O) groups excluding carboxylic acids is 1. The van der Waals surface area contributed by atoms with E-state index in [1.165, 1.54) is 18.5 Å². The maximum Gasteiger partial charge on any atom is 0.253 e. The Labute approximate surface area is 181 Å². The summed E-state index contributed by atoms with van der Waals surface area (Å²) in [4.78, 5) is 22.0. The number of amidine groups is 1. The highest BCUT2D eigenvalue weighted by atomic mass is 19.1. The maximum atomic E-state index is 13.3. The molecule has 0 spiro atoms. The number of aliphatic hydroxyl groups excluding tert-OH is 1. The molecule has 1 aliphatic carbocycles. The van der Waals surface area contributed by atoms with Gasteiger partial charge in [-0.3, -0.25) is 4.79 Å². The SMILES string of the molecule is NCC1(N/C=C(/C(N)=O)C(N)=Nc2ccnc(F)c2)CCC(N2CCC(O)CC2)CC1. The van der Waals surface area contributed by atoms with Gasteiger partial charge in [0.25, 0.3) is 5.91 Å². The summed E-state index contributed by atoms with van der Waals surface area (Å²) in [6, 6.07) is 3.06. The fourth-order valence-electron chi connectivity index (χ4n) is 4.34. The van der Waals surface area contributed by atoms with Gasteiger partial charge in [-0.25, -0.2) is 9.98 Å². The molecule has 1 aliphatic heterocycles. The highest BCUT2D eigenvalue weighted by Gasteiger charge is 2.36.